The van der Waals surface area contributed by atoms with Crippen LogP contribution in [0.2, 0.25) is 0 Å². The van der Waals surface area contributed by atoms with Gasteiger partial charge in [0.05, 0.1) is 17.6 Å². The van der Waals surface area contributed by atoms with Crippen LogP contribution in [0.3, 0.4) is 0 Å². The molecule has 0 aliphatic rings. The van der Waals surface area contributed by atoms with Crippen molar-refractivity contribution >= 4 is 27.4 Å². The summed E-state index contributed by atoms with van der Waals surface area (Å²) in [6.45, 7) is 3.30. The molecule has 1 aromatic heterocycles. The quantitative estimate of drug-likeness (QED) is 0.821. The van der Waals surface area contributed by atoms with Gasteiger partial charge in [0.2, 0.25) is 0 Å². The molecule has 0 spiro atoms. The predicted molar refractivity (Wildman–Crippen MR) is 89.1 cm³/mol. The van der Waals surface area contributed by atoms with Gasteiger partial charge in [-0.15, -0.1) is 0 Å². The van der Waals surface area contributed by atoms with Crippen molar-refractivity contribution in [2.45, 2.75) is 18.7 Å². The highest BCUT2D eigenvalue weighted by Gasteiger charge is 2.22. The first-order valence-electron chi connectivity index (χ1n) is 7.04. The number of hydrogen-bond donors (Lipinski definition) is 2. The largest absolute Gasteiger partial charge is 0.465 e. The maximum absolute atomic E-state index is 12.4. The van der Waals surface area contributed by atoms with Crippen LogP contribution in [0.1, 0.15) is 32.1 Å². The predicted octanol–water partition coefficient (Wildman–Crippen LogP) is 2.07. The number of aromatic amines is 1. The van der Waals surface area contributed by atoms with E-state index in [1.54, 1.807) is 26.0 Å². The van der Waals surface area contributed by atoms with Gasteiger partial charge in [0.1, 0.15) is 5.69 Å². The summed E-state index contributed by atoms with van der Waals surface area (Å²) in [5, 5.41) is 2.62. The Morgan fingerprint density at radius 2 is 1.88 bits per heavy atom. The van der Waals surface area contributed by atoms with Crippen LogP contribution in [0.15, 0.2) is 29.2 Å². The third-order valence-electron chi connectivity index (χ3n) is 3.57. The van der Waals surface area contributed by atoms with E-state index in [0.717, 1.165) is 6.26 Å². The molecule has 0 saturated heterocycles. The zero-order valence-corrected chi connectivity index (χ0v) is 14.6. The van der Waals surface area contributed by atoms with Crippen molar-refractivity contribution in [3.8, 4) is 0 Å². The molecule has 0 saturated carbocycles. The number of nitrogens with one attached hydrogen (secondary N) is 2. The number of amides is 1. The minimum absolute atomic E-state index is 0.106. The number of H-pyrrole nitrogens is 1. The normalized spacial score (nSPS) is 11.2. The number of anilines is 1. The van der Waals surface area contributed by atoms with Crippen molar-refractivity contribution in [2.75, 3.05) is 18.7 Å². The molecule has 0 fully saturated rings. The first-order chi connectivity index (χ1) is 11.1. The smallest absolute Gasteiger partial charge is 0.339 e. The van der Waals surface area contributed by atoms with E-state index in [1.807, 2.05) is 0 Å². The van der Waals surface area contributed by atoms with Gasteiger partial charge in [-0.05, 0) is 37.6 Å². The molecule has 1 aromatic carbocycles. The number of carbonyl (C=O) groups is 2. The molecule has 24 heavy (non-hydrogen) atoms. The van der Waals surface area contributed by atoms with E-state index in [-0.39, 0.29) is 10.6 Å². The van der Waals surface area contributed by atoms with E-state index in [9.17, 15) is 18.0 Å². The lowest BCUT2D eigenvalue weighted by atomic mass is 10.1. The Bertz CT molecular complexity index is 913. The Morgan fingerprint density at radius 3 is 2.46 bits per heavy atom. The molecule has 0 bridgehead atoms. The van der Waals surface area contributed by atoms with Crippen molar-refractivity contribution in [2.24, 2.45) is 0 Å². The number of benzene rings is 1. The monoisotopic (exact) mass is 350 g/mol. The Labute approximate surface area is 139 Å². The second-order valence-electron chi connectivity index (χ2n) is 5.37. The summed E-state index contributed by atoms with van der Waals surface area (Å²) in [6, 6.07) is 5.95. The third-order valence-corrected chi connectivity index (χ3v) is 4.68. The van der Waals surface area contributed by atoms with Gasteiger partial charge in [0.25, 0.3) is 5.91 Å². The van der Waals surface area contributed by atoms with E-state index < -0.39 is 21.7 Å². The molecule has 7 nitrogen and oxygen atoms in total. The zero-order chi connectivity index (χ0) is 18.1. The summed E-state index contributed by atoms with van der Waals surface area (Å²) < 4.78 is 27.9. The molecule has 1 amide bonds. The number of rotatable bonds is 4. The van der Waals surface area contributed by atoms with Gasteiger partial charge in [-0.3, -0.25) is 4.79 Å². The maximum atomic E-state index is 12.4. The fourth-order valence-corrected chi connectivity index (χ4v) is 3.05. The second-order valence-corrected chi connectivity index (χ2v) is 7.39. The van der Waals surface area contributed by atoms with Crippen LogP contribution in [0.25, 0.3) is 0 Å². The molecule has 0 aliphatic carbocycles. The molecule has 2 N–H and O–H groups in total. The van der Waals surface area contributed by atoms with Crippen LogP contribution in [-0.2, 0) is 14.6 Å². The fourth-order valence-electron chi connectivity index (χ4n) is 2.38. The van der Waals surface area contributed by atoms with E-state index in [1.165, 1.54) is 19.2 Å². The Morgan fingerprint density at radius 1 is 1.21 bits per heavy atom. The summed E-state index contributed by atoms with van der Waals surface area (Å²) in [4.78, 5) is 27.2. The zero-order valence-electron chi connectivity index (χ0n) is 13.8. The third kappa shape index (κ3) is 3.48. The van der Waals surface area contributed by atoms with E-state index in [2.05, 4.69) is 10.3 Å². The Balaban J connectivity index is 2.33. The van der Waals surface area contributed by atoms with Crippen LogP contribution in [-0.4, -0.2) is 38.6 Å². The van der Waals surface area contributed by atoms with Gasteiger partial charge in [-0.2, -0.15) is 0 Å². The van der Waals surface area contributed by atoms with Gasteiger partial charge in [0, 0.05) is 17.6 Å². The molecule has 0 atom stereocenters. The van der Waals surface area contributed by atoms with Crippen LogP contribution in [0.5, 0.6) is 0 Å². The summed E-state index contributed by atoms with van der Waals surface area (Å²) in [5.41, 5.74) is 1.87. The van der Waals surface area contributed by atoms with Crippen LogP contribution in [0.4, 0.5) is 5.69 Å². The SMILES string of the molecule is COC(=O)c1c(C)[nH]c(C(=O)Nc2cccc(S(C)(=O)=O)c2)c1C. The van der Waals surface area contributed by atoms with Gasteiger partial charge < -0.3 is 15.0 Å². The number of methoxy groups -OCH3 is 1. The molecule has 8 heteroatoms. The van der Waals surface area contributed by atoms with Crippen molar-refractivity contribution < 1.29 is 22.7 Å². The minimum atomic E-state index is -3.37. The molecule has 0 radical (unpaired) electrons. The van der Waals surface area contributed by atoms with Crippen molar-refractivity contribution in [1.82, 2.24) is 4.98 Å². The van der Waals surface area contributed by atoms with Crippen LogP contribution >= 0.6 is 0 Å². The molecule has 0 aliphatic heterocycles. The number of aromatic nitrogens is 1. The van der Waals surface area contributed by atoms with Crippen molar-refractivity contribution in [3.63, 3.8) is 0 Å². The van der Waals surface area contributed by atoms with Gasteiger partial charge in [-0.1, -0.05) is 6.07 Å². The highest BCUT2D eigenvalue weighted by molar-refractivity contribution is 7.90. The number of aryl methyl sites for hydroxylation is 1. The van der Waals surface area contributed by atoms with Gasteiger partial charge in [0.15, 0.2) is 9.84 Å². The molecule has 1 heterocycles. The lowest BCUT2D eigenvalue weighted by Crippen LogP contribution is -2.14. The summed E-state index contributed by atoms with van der Waals surface area (Å²) in [6.07, 6.45) is 1.09. The standard InChI is InChI=1S/C16H18N2O5S/c1-9-13(16(20)23-3)10(2)17-14(9)15(19)18-11-6-5-7-12(8-11)24(4,21)22/h5-8,17H,1-4H3,(H,18,19). The number of esters is 1. The molecular weight excluding hydrogens is 332 g/mol. The van der Waals surface area contributed by atoms with E-state index >= 15 is 0 Å². The van der Waals surface area contributed by atoms with Crippen molar-refractivity contribution in [3.05, 3.63) is 46.8 Å². The van der Waals surface area contributed by atoms with Crippen molar-refractivity contribution in [1.29, 1.82) is 0 Å². The topological polar surface area (TPSA) is 105 Å². The number of hydrogen-bond acceptors (Lipinski definition) is 5. The summed E-state index contributed by atoms with van der Waals surface area (Å²) in [5.74, 6) is -1.00. The minimum Gasteiger partial charge on any atom is -0.465 e. The lowest BCUT2D eigenvalue weighted by molar-refractivity contribution is 0.0599. The first kappa shape index (κ1) is 17.7. The Hall–Kier alpha value is -2.61. The van der Waals surface area contributed by atoms with Crippen LogP contribution in [0, 0.1) is 13.8 Å². The lowest BCUT2D eigenvalue weighted by Gasteiger charge is -2.07. The molecule has 2 aromatic rings. The highest BCUT2D eigenvalue weighted by atomic mass is 32.2. The number of ether oxygens (including phenoxy) is 1. The second kappa shape index (κ2) is 6.48. The van der Waals surface area contributed by atoms with E-state index in [0.29, 0.717) is 22.5 Å². The van der Waals surface area contributed by atoms with Gasteiger partial charge >= 0.3 is 5.97 Å². The average molecular weight is 350 g/mol. The molecule has 2 rings (SSSR count). The van der Waals surface area contributed by atoms with E-state index in [4.69, 9.17) is 4.74 Å². The highest BCUT2D eigenvalue weighted by Crippen LogP contribution is 2.21. The first-order valence-corrected chi connectivity index (χ1v) is 8.93. The van der Waals surface area contributed by atoms with Gasteiger partial charge in [-0.25, -0.2) is 13.2 Å². The molecular formula is C16H18N2O5S. The summed E-state index contributed by atoms with van der Waals surface area (Å²) >= 11 is 0. The molecule has 128 valence electrons. The molecule has 0 unspecified atom stereocenters. The average Bonchev–Trinajstić information content (AvgIpc) is 2.81. The van der Waals surface area contributed by atoms with Crippen LogP contribution < -0.4 is 5.32 Å². The number of carbonyl (C=O) groups excluding carboxylic acids is 2. The number of sulfone groups is 1. The maximum Gasteiger partial charge on any atom is 0.339 e. The Kier molecular flexibility index (Phi) is 4.79. The summed E-state index contributed by atoms with van der Waals surface area (Å²) in [7, 11) is -2.10. The fraction of sp³-hybridized carbons (Fsp3) is 0.250.